The zero-order chi connectivity index (χ0) is 32.2. The largest absolute Gasteiger partial charge is 0.493 e. The van der Waals surface area contributed by atoms with Crippen LogP contribution in [0.2, 0.25) is 0 Å². The molecule has 0 unspecified atom stereocenters. The number of carbonyl (C=O) groups excluding carboxylic acids is 1. The molecule has 0 aromatic heterocycles. The number of aliphatic hydroxyl groups is 1. The number of carbonyl (C=O) groups is 1. The molecule has 46 heavy (non-hydrogen) atoms. The maximum Gasteiger partial charge on any atom is 0.299 e. The van der Waals surface area contributed by atoms with Crippen molar-refractivity contribution >= 4 is 5.91 Å². The molecule has 6 heteroatoms. The Balaban J connectivity index is 1.26. The molecule has 4 aliphatic rings. The molecule has 0 radical (unpaired) electrons. The smallest absolute Gasteiger partial charge is 0.299 e. The normalized spacial score (nSPS) is 27.3. The maximum atomic E-state index is 14.1. The van der Waals surface area contributed by atoms with Crippen molar-refractivity contribution in [3.8, 4) is 23.3 Å². The van der Waals surface area contributed by atoms with Crippen LogP contribution in [0.25, 0.3) is 0 Å². The fourth-order valence-corrected chi connectivity index (χ4v) is 9.04. The summed E-state index contributed by atoms with van der Waals surface area (Å²) in [6.45, 7) is 10.8. The monoisotopic (exact) mass is 618 g/mol. The van der Waals surface area contributed by atoms with Gasteiger partial charge in [0.2, 0.25) is 0 Å². The first-order valence-corrected chi connectivity index (χ1v) is 16.9. The van der Waals surface area contributed by atoms with Crippen molar-refractivity contribution in [3.63, 3.8) is 0 Å². The summed E-state index contributed by atoms with van der Waals surface area (Å²) < 4.78 is 12.8. The van der Waals surface area contributed by atoms with Gasteiger partial charge in [-0.25, -0.2) is 0 Å². The molecule has 2 aliphatic heterocycles. The van der Waals surface area contributed by atoms with E-state index in [2.05, 4.69) is 86.9 Å². The average molecular weight is 619 g/mol. The highest BCUT2D eigenvalue weighted by atomic mass is 16.5. The third-order valence-electron chi connectivity index (χ3n) is 11.3. The van der Waals surface area contributed by atoms with E-state index in [0.29, 0.717) is 25.1 Å². The predicted molar refractivity (Wildman–Crippen MR) is 180 cm³/mol. The molecule has 2 aliphatic carbocycles. The standard InChI is InChI=1S/C40H46N2O4/c1-26(2)25-42(35(43)16-13-30-12-11-27(3)28(4)23-30)32-17-19-40(44)34-24-31-14-15-33(45-5)37-36(31)39(40,38(32)46-37)20-22-41(34)21-18-29-9-7-6-8-10-29/h6-12,14-15,23,26,32,34,38,44H,17-22,24-25H2,1-5H3/t32-,34+,38-,39-,40+/m0/s1. The summed E-state index contributed by atoms with van der Waals surface area (Å²) in [6.07, 6.45) is 3.35. The molecule has 6 nitrogen and oxygen atoms in total. The Morgan fingerprint density at radius 3 is 2.65 bits per heavy atom. The Kier molecular flexibility index (Phi) is 7.90. The van der Waals surface area contributed by atoms with Crippen LogP contribution in [0.15, 0.2) is 60.7 Å². The number of ether oxygens (including phenoxy) is 2. The van der Waals surface area contributed by atoms with Gasteiger partial charge in [0, 0.05) is 36.2 Å². The molecule has 2 heterocycles. The average Bonchev–Trinajstić information content (AvgIpc) is 3.40. The van der Waals surface area contributed by atoms with Crippen molar-refractivity contribution in [2.24, 2.45) is 5.92 Å². The Morgan fingerprint density at radius 2 is 1.91 bits per heavy atom. The van der Waals surface area contributed by atoms with Gasteiger partial charge in [-0.05, 0) is 98.9 Å². The minimum absolute atomic E-state index is 0.0253. The summed E-state index contributed by atoms with van der Waals surface area (Å²) in [5.74, 6) is 7.67. The number of hydrogen-bond acceptors (Lipinski definition) is 5. The zero-order valence-electron chi connectivity index (χ0n) is 27.8. The van der Waals surface area contributed by atoms with Gasteiger partial charge in [-0.15, -0.1) is 0 Å². The van der Waals surface area contributed by atoms with Gasteiger partial charge in [0.25, 0.3) is 5.91 Å². The van der Waals surface area contributed by atoms with E-state index in [0.717, 1.165) is 54.8 Å². The molecule has 240 valence electrons. The maximum absolute atomic E-state index is 14.1. The third kappa shape index (κ3) is 4.82. The van der Waals surface area contributed by atoms with Crippen molar-refractivity contribution in [3.05, 3.63) is 94.0 Å². The van der Waals surface area contributed by atoms with E-state index in [1.807, 2.05) is 23.1 Å². The van der Waals surface area contributed by atoms with Crippen molar-refractivity contribution in [2.75, 3.05) is 26.7 Å². The van der Waals surface area contributed by atoms with Crippen LogP contribution in [0.1, 0.15) is 66.5 Å². The Hall–Kier alpha value is -3.79. The molecule has 7 rings (SSSR count). The third-order valence-corrected chi connectivity index (χ3v) is 11.3. The lowest BCUT2D eigenvalue weighted by molar-refractivity contribution is -0.200. The second kappa shape index (κ2) is 11.8. The molecule has 1 amide bonds. The van der Waals surface area contributed by atoms with Gasteiger partial charge in [0.15, 0.2) is 11.5 Å². The number of piperidine rings is 1. The van der Waals surface area contributed by atoms with E-state index in [1.54, 1.807) is 7.11 Å². The van der Waals surface area contributed by atoms with Crippen LogP contribution in [-0.4, -0.2) is 71.3 Å². The summed E-state index contributed by atoms with van der Waals surface area (Å²) in [5.41, 5.74) is 5.26. The number of amides is 1. The molecule has 2 fully saturated rings. The fraction of sp³-hybridized carbons (Fsp3) is 0.475. The highest BCUT2D eigenvalue weighted by Gasteiger charge is 2.73. The van der Waals surface area contributed by atoms with Gasteiger partial charge in [-0.2, -0.15) is 0 Å². The van der Waals surface area contributed by atoms with Gasteiger partial charge in [-0.3, -0.25) is 9.69 Å². The first kappa shape index (κ1) is 30.8. The van der Waals surface area contributed by atoms with E-state index in [1.165, 1.54) is 16.7 Å². The topological polar surface area (TPSA) is 62.2 Å². The van der Waals surface area contributed by atoms with Crippen LogP contribution in [0, 0.1) is 31.6 Å². The SMILES string of the molecule is COc1ccc2c3c1O[C@H]1[C@@H](N(CC(C)C)C(=O)C#Cc4ccc(C)c(C)c4)CC[C@@]4(O)[C@@H](C2)N(CCc2ccccc2)CC[C@]314. The molecule has 1 saturated carbocycles. The van der Waals surface area contributed by atoms with Crippen LogP contribution >= 0.6 is 0 Å². The molecule has 1 saturated heterocycles. The van der Waals surface area contributed by atoms with Crippen LogP contribution in [0.3, 0.4) is 0 Å². The Labute approximate surface area is 273 Å². The van der Waals surface area contributed by atoms with Gasteiger partial charge in [0.1, 0.15) is 6.10 Å². The quantitative estimate of drug-likeness (QED) is 0.349. The number of nitrogens with zero attached hydrogens (tertiary/aromatic N) is 2. The predicted octanol–water partition coefficient (Wildman–Crippen LogP) is 5.61. The van der Waals surface area contributed by atoms with E-state index < -0.39 is 11.0 Å². The van der Waals surface area contributed by atoms with Crippen LogP contribution in [-0.2, 0) is 23.1 Å². The van der Waals surface area contributed by atoms with Crippen molar-refractivity contribution in [1.29, 1.82) is 0 Å². The molecule has 3 aromatic carbocycles. The minimum Gasteiger partial charge on any atom is -0.493 e. The molecule has 1 spiro atoms. The molecular formula is C40H46N2O4. The van der Waals surface area contributed by atoms with E-state index in [4.69, 9.17) is 9.47 Å². The van der Waals surface area contributed by atoms with Crippen LogP contribution in [0.4, 0.5) is 0 Å². The second-order valence-electron chi connectivity index (χ2n) is 14.3. The second-order valence-corrected chi connectivity index (χ2v) is 14.3. The lowest BCUT2D eigenvalue weighted by Gasteiger charge is -2.64. The summed E-state index contributed by atoms with van der Waals surface area (Å²) >= 11 is 0. The number of likely N-dealkylation sites (tertiary alicyclic amines) is 1. The zero-order valence-corrected chi connectivity index (χ0v) is 27.8. The van der Waals surface area contributed by atoms with Crippen LogP contribution < -0.4 is 9.47 Å². The van der Waals surface area contributed by atoms with E-state index in [-0.39, 0.29) is 30.0 Å². The number of hydrogen-bond donors (Lipinski definition) is 1. The van der Waals surface area contributed by atoms with Crippen molar-refractivity contribution < 1.29 is 19.4 Å². The Morgan fingerprint density at radius 1 is 1.11 bits per heavy atom. The molecule has 1 N–H and O–H groups in total. The van der Waals surface area contributed by atoms with Crippen molar-refractivity contribution in [1.82, 2.24) is 9.80 Å². The minimum atomic E-state index is -0.981. The molecule has 5 atom stereocenters. The van der Waals surface area contributed by atoms with Crippen molar-refractivity contribution in [2.45, 2.75) is 89.0 Å². The summed E-state index contributed by atoms with van der Waals surface area (Å²) in [7, 11) is 1.68. The lowest BCUT2D eigenvalue weighted by Crippen LogP contribution is -2.78. The lowest BCUT2D eigenvalue weighted by atomic mass is 9.48. The highest BCUT2D eigenvalue weighted by molar-refractivity contribution is 5.94. The summed E-state index contributed by atoms with van der Waals surface area (Å²) in [6, 6.07) is 20.6. The van der Waals surface area contributed by atoms with Gasteiger partial charge in [-0.1, -0.05) is 62.2 Å². The molecule has 3 aromatic rings. The number of aryl methyl sites for hydroxylation is 2. The van der Waals surface area contributed by atoms with Gasteiger partial charge < -0.3 is 19.5 Å². The van der Waals surface area contributed by atoms with Gasteiger partial charge in [0.05, 0.1) is 24.2 Å². The Bertz CT molecular complexity index is 1710. The van der Waals surface area contributed by atoms with Gasteiger partial charge >= 0.3 is 0 Å². The first-order valence-electron chi connectivity index (χ1n) is 16.9. The number of benzene rings is 3. The molecular weight excluding hydrogens is 572 g/mol. The molecule has 2 bridgehead atoms. The van der Waals surface area contributed by atoms with E-state index in [9.17, 15) is 9.90 Å². The van der Waals surface area contributed by atoms with E-state index >= 15 is 0 Å². The number of rotatable bonds is 7. The number of methoxy groups -OCH3 is 1. The highest BCUT2D eigenvalue weighted by Crippen LogP contribution is 2.66. The fourth-order valence-electron chi connectivity index (χ4n) is 9.04. The summed E-state index contributed by atoms with van der Waals surface area (Å²) in [5, 5.41) is 13.1. The summed E-state index contributed by atoms with van der Waals surface area (Å²) in [4.78, 5) is 18.6. The van der Waals surface area contributed by atoms with Crippen LogP contribution in [0.5, 0.6) is 11.5 Å². The first-order chi connectivity index (χ1) is 22.2.